The summed E-state index contributed by atoms with van der Waals surface area (Å²) in [6.45, 7) is 25.8. The average Bonchev–Trinajstić information content (AvgIpc) is 1.99. The van der Waals surface area contributed by atoms with E-state index in [4.69, 9.17) is 16.5 Å². The molecular weight excluding hydrogens is 421 g/mol. The van der Waals surface area contributed by atoms with E-state index in [-0.39, 0.29) is 0 Å². The Morgan fingerprint density at radius 3 is 0.960 bits per heavy atom. The lowest BCUT2D eigenvalue weighted by Gasteiger charge is -2.33. The monoisotopic (exact) mass is 462 g/mol. The Kier molecular flexibility index (Phi) is 11.3. The highest BCUT2D eigenvalue weighted by Crippen LogP contribution is 2.17. The molecule has 0 heterocycles. The van der Waals surface area contributed by atoms with Gasteiger partial charge in [-0.05, 0) is 85.1 Å². The SMILES string of the molecule is C[SiH](O[Si](C)(C)C)O[Si](C)(C)C.C[Si](C)(O)O[Si](C)(C)O[Si](C)(C)O. The van der Waals surface area contributed by atoms with Gasteiger partial charge >= 0.3 is 25.7 Å². The third-order valence-corrected chi connectivity index (χ3v) is 18.3. The van der Waals surface area contributed by atoms with Crippen molar-refractivity contribution in [1.29, 1.82) is 0 Å². The molecule has 0 unspecified atom stereocenters. The molecule has 0 rings (SSSR count). The van der Waals surface area contributed by atoms with Crippen LogP contribution in [0.15, 0.2) is 0 Å². The van der Waals surface area contributed by atoms with E-state index in [9.17, 15) is 9.59 Å². The van der Waals surface area contributed by atoms with Gasteiger partial charge in [-0.25, -0.2) is 0 Å². The molecule has 0 bridgehead atoms. The zero-order chi connectivity index (χ0) is 20.9. The van der Waals surface area contributed by atoms with Gasteiger partial charge < -0.3 is 26.1 Å². The molecular formula is C13H42O6Si6. The van der Waals surface area contributed by atoms with E-state index < -0.39 is 51.6 Å². The van der Waals surface area contributed by atoms with Crippen molar-refractivity contribution in [2.24, 2.45) is 0 Å². The fraction of sp³-hybridized carbons (Fsp3) is 1.00. The maximum atomic E-state index is 9.56. The van der Waals surface area contributed by atoms with Crippen LogP contribution in [0, 0.1) is 0 Å². The Morgan fingerprint density at radius 2 is 0.800 bits per heavy atom. The van der Waals surface area contributed by atoms with E-state index in [1.807, 2.05) is 13.1 Å². The van der Waals surface area contributed by atoms with Crippen LogP contribution in [0.3, 0.4) is 0 Å². The predicted molar refractivity (Wildman–Crippen MR) is 121 cm³/mol. The van der Waals surface area contributed by atoms with E-state index >= 15 is 0 Å². The number of hydrogen-bond acceptors (Lipinski definition) is 6. The van der Waals surface area contributed by atoms with Crippen molar-refractivity contribution in [3.05, 3.63) is 0 Å². The normalized spacial score (nSPS) is 14.4. The minimum absolute atomic E-state index is 1.33. The van der Waals surface area contributed by atoms with Crippen LogP contribution in [0.4, 0.5) is 0 Å². The fourth-order valence-corrected chi connectivity index (χ4v) is 21.0. The minimum Gasteiger partial charge on any atom is -0.439 e. The van der Waals surface area contributed by atoms with Gasteiger partial charge in [0.15, 0.2) is 16.6 Å². The van der Waals surface area contributed by atoms with Gasteiger partial charge in [0.25, 0.3) is 9.28 Å². The summed E-state index contributed by atoms with van der Waals surface area (Å²) in [7, 11) is -11.5. The van der Waals surface area contributed by atoms with Crippen molar-refractivity contribution in [2.75, 3.05) is 0 Å². The van der Waals surface area contributed by atoms with E-state index in [1.54, 1.807) is 26.2 Å². The first-order valence-electron chi connectivity index (χ1n) is 8.72. The highest BCUT2D eigenvalue weighted by molar-refractivity contribution is 6.84. The molecule has 0 aliphatic heterocycles. The van der Waals surface area contributed by atoms with Crippen LogP contribution >= 0.6 is 0 Å². The number of rotatable bonds is 8. The predicted octanol–water partition coefficient (Wildman–Crippen LogP) is 3.65. The second kappa shape index (κ2) is 10.0. The summed E-state index contributed by atoms with van der Waals surface area (Å²) in [6, 6.07) is 0. The lowest BCUT2D eigenvalue weighted by Crippen LogP contribution is -2.52. The second-order valence-corrected chi connectivity index (χ2v) is 31.2. The Labute approximate surface area is 162 Å². The summed E-state index contributed by atoms with van der Waals surface area (Å²) in [5, 5.41) is 0. The minimum atomic E-state index is -2.54. The van der Waals surface area contributed by atoms with E-state index in [0.717, 1.165) is 0 Å². The Morgan fingerprint density at radius 1 is 0.560 bits per heavy atom. The first-order chi connectivity index (χ1) is 10.5. The molecule has 0 saturated carbocycles. The standard InChI is InChI=1S/C7H22O2Si3.C6H20O4Si3/c1-10(8-11(2,3)4)9-12(5,6)7;1-11(2,7)9-13(5,6)10-12(3,4)8/h10H,1-7H3;7-8H,1-6H3. The fourth-order valence-electron chi connectivity index (χ4n) is 2.24. The summed E-state index contributed by atoms with van der Waals surface area (Å²) >= 11 is 0. The van der Waals surface area contributed by atoms with Crippen molar-refractivity contribution in [3.8, 4) is 0 Å². The van der Waals surface area contributed by atoms with Crippen LogP contribution in [0.1, 0.15) is 0 Å². The van der Waals surface area contributed by atoms with Crippen LogP contribution in [0.2, 0.25) is 85.1 Å². The summed E-state index contributed by atoms with van der Waals surface area (Å²) in [6.07, 6.45) is 0. The van der Waals surface area contributed by atoms with Crippen LogP contribution in [-0.4, -0.2) is 61.2 Å². The molecule has 0 aliphatic rings. The molecule has 0 aromatic heterocycles. The molecule has 25 heavy (non-hydrogen) atoms. The second-order valence-electron chi connectivity index (χ2n) is 9.53. The number of hydrogen-bond donors (Lipinski definition) is 2. The van der Waals surface area contributed by atoms with Crippen LogP contribution in [0.5, 0.6) is 0 Å². The largest absolute Gasteiger partial charge is 0.439 e. The zero-order valence-corrected chi connectivity index (χ0v) is 24.8. The van der Waals surface area contributed by atoms with E-state index in [1.165, 1.54) is 0 Å². The van der Waals surface area contributed by atoms with Gasteiger partial charge in [0.05, 0.1) is 0 Å². The molecule has 0 atom stereocenters. The maximum Gasteiger partial charge on any atom is 0.320 e. The lowest BCUT2D eigenvalue weighted by molar-refractivity contribution is 0.294. The molecule has 0 amide bonds. The average molecular weight is 463 g/mol. The van der Waals surface area contributed by atoms with E-state index in [2.05, 4.69) is 45.8 Å². The van der Waals surface area contributed by atoms with Crippen molar-refractivity contribution >= 4 is 51.6 Å². The zero-order valence-electron chi connectivity index (χ0n) is 18.6. The Hall–Kier alpha value is 1.06. The third-order valence-electron chi connectivity index (χ3n) is 2.03. The molecule has 0 aliphatic carbocycles. The quantitative estimate of drug-likeness (QED) is 0.536. The van der Waals surface area contributed by atoms with Crippen LogP contribution < -0.4 is 0 Å². The van der Waals surface area contributed by atoms with Gasteiger partial charge in [-0.3, -0.25) is 0 Å². The molecule has 0 saturated heterocycles. The van der Waals surface area contributed by atoms with Gasteiger partial charge in [0, 0.05) is 0 Å². The van der Waals surface area contributed by atoms with Gasteiger partial charge in [0.2, 0.25) is 0 Å². The first kappa shape index (κ1) is 28.3. The lowest BCUT2D eigenvalue weighted by atomic mass is 11.8. The highest BCUT2D eigenvalue weighted by atomic mass is 28.5. The molecule has 0 aromatic rings. The van der Waals surface area contributed by atoms with Gasteiger partial charge in [-0.15, -0.1) is 0 Å². The maximum absolute atomic E-state index is 9.56. The van der Waals surface area contributed by atoms with Crippen LogP contribution in [-0.2, 0) is 16.5 Å². The molecule has 0 spiro atoms. The third kappa shape index (κ3) is 25.1. The van der Waals surface area contributed by atoms with Crippen molar-refractivity contribution in [2.45, 2.75) is 85.1 Å². The summed E-state index contributed by atoms with van der Waals surface area (Å²) < 4.78 is 22.8. The summed E-state index contributed by atoms with van der Waals surface area (Å²) in [4.78, 5) is 19.1. The smallest absolute Gasteiger partial charge is 0.320 e. The molecule has 0 aromatic carbocycles. The summed E-state index contributed by atoms with van der Waals surface area (Å²) in [5.41, 5.74) is 0. The summed E-state index contributed by atoms with van der Waals surface area (Å²) in [5.74, 6) is 0. The van der Waals surface area contributed by atoms with E-state index in [0.29, 0.717) is 0 Å². The molecule has 0 radical (unpaired) electrons. The molecule has 6 nitrogen and oxygen atoms in total. The van der Waals surface area contributed by atoms with Gasteiger partial charge in [-0.2, -0.15) is 0 Å². The molecule has 0 fully saturated rings. The molecule has 2 N–H and O–H groups in total. The first-order valence-corrected chi connectivity index (χ1v) is 26.2. The topological polar surface area (TPSA) is 77.4 Å². The Balaban J connectivity index is 0. The van der Waals surface area contributed by atoms with Crippen molar-refractivity contribution < 1.29 is 26.1 Å². The van der Waals surface area contributed by atoms with Crippen molar-refractivity contribution in [3.63, 3.8) is 0 Å². The van der Waals surface area contributed by atoms with Crippen molar-refractivity contribution in [1.82, 2.24) is 0 Å². The van der Waals surface area contributed by atoms with Crippen LogP contribution in [0.25, 0.3) is 0 Å². The Bertz CT molecular complexity index is 346. The van der Waals surface area contributed by atoms with Gasteiger partial charge in [0.1, 0.15) is 0 Å². The highest BCUT2D eigenvalue weighted by Gasteiger charge is 2.38. The van der Waals surface area contributed by atoms with Gasteiger partial charge in [-0.1, -0.05) is 0 Å². The molecule has 12 heteroatoms. The molecule has 154 valence electrons.